The number of pyridine rings is 1. The molecule has 0 radical (unpaired) electrons. The molecule has 6 nitrogen and oxygen atoms in total. The maximum atomic E-state index is 13.7. The van der Waals surface area contributed by atoms with Crippen molar-refractivity contribution in [1.29, 1.82) is 0 Å². The molecule has 1 unspecified atom stereocenters. The molecule has 1 atom stereocenters. The first kappa shape index (κ1) is 20.8. The van der Waals surface area contributed by atoms with Gasteiger partial charge >= 0.3 is 0 Å². The van der Waals surface area contributed by atoms with Crippen molar-refractivity contribution in [1.82, 2.24) is 19.5 Å². The third-order valence-corrected chi connectivity index (χ3v) is 6.26. The maximum absolute atomic E-state index is 13.7. The Balaban J connectivity index is 1.81. The largest absolute Gasteiger partial charge is 0.362 e. The summed E-state index contributed by atoms with van der Waals surface area (Å²) in [6.45, 7) is 2.22. The average Bonchev–Trinajstić information content (AvgIpc) is 3.45. The van der Waals surface area contributed by atoms with Crippen LogP contribution in [0.4, 0.5) is 4.39 Å². The van der Waals surface area contributed by atoms with Crippen LogP contribution in [0.2, 0.25) is 0 Å². The Morgan fingerprint density at radius 2 is 1.94 bits per heavy atom. The van der Waals surface area contributed by atoms with Gasteiger partial charge in [0.05, 0.1) is 11.4 Å². The molecule has 1 saturated carbocycles. The molecule has 3 aromatic heterocycles. The van der Waals surface area contributed by atoms with Crippen molar-refractivity contribution in [2.45, 2.75) is 51.4 Å². The van der Waals surface area contributed by atoms with E-state index >= 15 is 0 Å². The molecule has 1 aliphatic rings. The van der Waals surface area contributed by atoms with E-state index in [2.05, 4.69) is 14.5 Å². The Kier molecular flexibility index (Phi) is 5.76. The summed E-state index contributed by atoms with van der Waals surface area (Å²) in [6, 6.07) is 10.5. The fourth-order valence-electron chi connectivity index (χ4n) is 4.80. The summed E-state index contributed by atoms with van der Waals surface area (Å²) in [7, 11) is 0. The Hall–Kier alpha value is -3.03. The molecule has 7 heteroatoms. The van der Waals surface area contributed by atoms with Gasteiger partial charge in [0.15, 0.2) is 5.82 Å². The SMILES string of the molecule is CCOC(O)c1nc(-c2ccc(F)cc2)c(-c2ccnc3[nH]ccc23)n1C1CCCCC1. The number of nitrogens with one attached hydrogen (secondary N) is 1. The number of aliphatic hydroxyl groups is 1. The summed E-state index contributed by atoms with van der Waals surface area (Å²) in [5, 5.41) is 11.9. The molecule has 3 heterocycles. The van der Waals surface area contributed by atoms with Gasteiger partial charge in [-0.1, -0.05) is 19.3 Å². The first-order valence-electron chi connectivity index (χ1n) is 11.3. The predicted octanol–water partition coefficient (Wildman–Crippen LogP) is 5.77. The highest BCUT2D eigenvalue weighted by molar-refractivity contribution is 5.96. The highest BCUT2D eigenvalue weighted by Crippen LogP contribution is 2.42. The predicted molar refractivity (Wildman–Crippen MR) is 121 cm³/mol. The van der Waals surface area contributed by atoms with Crippen LogP contribution >= 0.6 is 0 Å². The molecule has 5 rings (SSSR count). The third kappa shape index (κ3) is 3.72. The molecular formula is C25H27FN4O2. The number of fused-ring (bicyclic) bond motifs is 1. The molecule has 166 valence electrons. The van der Waals surface area contributed by atoms with Crippen LogP contribution in [-0.4, -0.2) is 31.2 Å². The van der Waals surface area contributed by atoms with Gasteiger partial charge in [0, 0.05) is 41.6 Å². The topological polar surface area (TPSA) is 76.0 Å². The van der Waals surface area contributed by atoms with E-state index in [1.165, 1.54) is 18.6 Å². The van der Waals surface area contributed by atoms with Gasteiger partial charge in [-0.25, -0.2) is 14.4 Å². The van der Waals surface area contributed by atoms with Gasteiger partial charge in [0.25, 0.3) is 0 Å². The lowest BCUT2D eigenvalue weighted by Gasteiger charge is -2.28. The summed E-state index contributed by atoms with van der Waals surface area (Å²) in [6.07, 6.45) is 8.02. The van der Waals surface area contributed by atoms with Gasteiger partial charge in [0.1, 0.15) is 11.5 Å². The van der Waals surface area contributed by atoms with Crippen LogP contribution in [0.5, 0.6) is 0 Å². The molecule has 4 aromatic rings. The standard InChI is InChI=1S/C25H27FN4O2/c1-2-32-25(31)24-29-21(16-8-10-17(26)11-9-16)22(30(24)18-6-4-3-5-7-18)19-12-14-27-23-20(19)13-15-28-23/h8-15,18,25,31H,2-7H2,1H3,(H,27,28). The minimum Gasteiger partial charge on any atom is -0.362 e. The number of H-pyrrole nitrogens is 1. The van der Waals surface area contributed by atoms with E-state index in [0.717, 1.165) is 53.5 Å². The summed E-state index contributed by atoms with van der Waals surface area (Å²) in [5.41, 5.74) is 4.17. The monoisotopic (exact) mass is 434 g/mol. The Bertz CT molecular complexity index is 1210. The zero-order valence-electron chi connectivity index (χ0n) is 18.1. The zero-order valence-corrected chi connectivity index (χ0v) is 18.1. The fraction of sp³-hybridized carbons (Fsp3) is 0.360. The normalized spacial score (nSPS) is 16.0. The Labute approximate surface area is 186 Å². The number of aromatic amines is 1. The van der Waals surface area contributed by atoms with Crippen LogP contribution in [0, 0.1) is 5.82 Å². The number of benzene rings is 1. The van der Waals surface area contributed by atoms with Crippen molar-refractivity contribution < 1.29 is 14.2 Å². The highest BCUT2D eigenvalue weighted by atomic mass is 19.1. The van der Waals surface area contributed by atoms with Gasteiger partial charge in [-0.15, -0.1) is 0 Å². The molecule has 0 saturated heterocycles. The molecule has 32 heavy (non-hydrogen) atoms. The number of hydrogen-bond donors (Lipinski definition) is 2. The summed E-state index contributed by atoms with van der Waals surface area (Å²) >= 11 is 0. The van der Waals surface area contributed by atoms with Crippen molar-refractivity contribution in [3.63, 3.8) is 0 Å². The molecular weight excluding hydrogens is 407 g/mol. The fourth-order valence-corrected chi connectivity index (χ4v) is 4.80. The highest BCUT2D eigenvalue weighted by Gasteiger charge is 2.30. The Morgan fingerprint density at radius 3 is 2.69 bits per heavy atom. The second-order valence-electron chi connectivity index (χ2n) is 8.24. The molecule has 0 amide bonds. The van der Waals surface area contributed by atoms with Crippen molar-refractivity contribution >= 4 is 11.0 Å². The van der Waals surface area contributed by atoms with E-state index in [-0.39, 0.29) is 11.9 Å². The third-order valence-electron chi connectivity index (χ3n) is 6.26. The lowest BCUT2D eigenvalue weighted by molar-refractivity contribution is -0.106. The van der Waals surface area contributed by atoms with Crippen molar-refractivity contribution in [3.05, 3.63) is 60.4 Å². The van der Waals surface area contributed by atoms with Crippen LogP contribution in [-0.2, 0) is 4.74 Å². The molecule has 1 aromatic carbocycles. The minimum absolute atomic E-state index is 0.202. The molecule has 2 N–H and O–H groups in total. The average molecular weight is 435 g/mol. The molecule has 0 bridgehead atoms. The first-order valence-corrected chi connectivity index (χ1v) is 11.3. The quantitative estimate of drug-likeness (QED) is 0.378. The van der Waals surface area contributed by atoms with E-state index in [9.17, 15) is 9.50 Å². The zero-order chi connectivity index (χ0) is 22.1. The number of aliphatic hydroxyl groups excluding tert-OH is 1. The number of rotatable bonds is 6. The van der Waals surface area contributed by atoms with E-state index in [4.69, 9.17) is 9.72 Å². The smallest absolute Gasteiger partial charge is 0.214 e. The minimum atomic E-state index is -1.14. The number of hydrogen-bond acceptors (Lipinski definition) is 4. The van der Waals surface area contributed by atoms with Gasteiger partial charge in [-0.3, -0.25) is 0 Å². The number of imidazole rings is 1. The van der Waals surface area contributed by atoms with E-state index in [0.29, 0.717) is 18.1 Å². The second kappa shape index (κ2) is 8.84. The molecule has 0 aliphatic heterocycles. The van der Waals surface area contributed by atoms with Crippen LogP contribution in [0.15, 0.2) is 48.8 Å². The lowest BCUT2D eigenvalue weighted by Crippen LogP contribution is -2.19. The number of nitrogens with zero attached hydrogens (tertiary/aromatic N) is 3. The lowest BCUT2D eigenvalue weighted by atomic mass is 9.94. The maximum Gasteiger partial charge on any atom is 0.214 e. The summed E-state index contributed by atoms with van der Waals surface area (Å²) < 4.78 is 21.4. The van der Waals surface area contributed by atoms with Crippen LogP contribution in [0.3, 0.4) is 0 Å². The van der Waals surface area contributed by atoms with E-state index < -0.39 is 6.29 Å². The first-order chi connectivity index (χ1) is 15.7. The number of halogens is 1. The molecule has 0 spiro atoms. The van der Waals surface area contributed by atoms with E-state index in [1.54, 1.807) is 18.3 Å². The molecule has 1 fully saturated rings. The van der Waals surface area contributed by atoms with Gasteiger partial charge in [-0.05, 0) is 56.2 Å². The van der Waals surface area contributed by atoms with Gasteiger partial charge in [0.2, 0.25) is 6.29 Å². The summed E-state index contributed by atoms with van der Waals surface area (Å²) in [4.78, 5) is 12.5. The van der Waals surface area contributed by atoms with Gasteiger partial charge < -0.3 is 19.4 Å². The number of aromatic nitrogens is 4. The Morgan fingerprint density at radius 1 is 1.16 bits per heavy atom. The number of ether oxygens (including phenoxy) is 1. The summed E-state index contributed by atoms with van der Waals surface area (Å²) in [5.74, 6) is 0.196. The van der Waals surface area contributed by atoms with Crippen LogP contribution < -0.4 is 0 Å². The van der Waals surface area contributed by atoms with Crippen molar-refractivity contribution in [2.75, 3.05) is 6.61 Å². The van der Waals surface area contributed by atoms with Gasteiger partial charge in [-0.2, -0.15) is 0 Å². The van der Waals surface area contributed by atoms with Crippen LogP contribution in [0.25, 0.3) is 33.5 Å². The van der Waals surface area contributed by atoms with Crippen molar-refractivity contribution in [2.24, 2.45) is 0 Å². The van der Waals surface area contributed by atoms with Crippen molar-refractivity contribution in [3.8, 4) is 22.5 Å². The second-order valence-corrected chi connectivity index (χ2v) is 8.24. The van der Waals surface area contributed by atoms with Crippen LogP contribution in [0.1, 0.15) is 57.2 Å². The molecule has 1 aliphatic carbocycles. The van der Waals surface area contributed by atoms with E-state index in [1.807, 2.05) is 25.3 Å².